The number of hydrogen-bond donors (Lipinski definition) is 1. The van der Waals surface area contributed by atoms with Crippen molar-refractivity contribution in [2.24, 2.45) is 0 Å². The van der Waals surface area contributed by atoms with Crippen molar-refractivity contribution in [1.82, 2.24) is 9.62 Å². The van der Waals surface area contributed by atoms with Crippen molar-refractivity contribution in [2.75, 3.05) is 13.7 Å². The number of nitrogens with zero attached hydrogens (tertiary/aromatic N) is 1. The van der Waals surface area contributed by atoms with Crippen LogP contribution in [0.3, 0.4) is 0 Å². The van der Waals surface area contributed by atoms with Crippen molar-refractivity contribution in [1.29, 1.82) is 0 Å². The highest BCUT2D eigenvalue weighted by Crippen LogP contribution is 2.23. The molecule has 3 rings (SSSR count). The molecule has 0 aliphatic rings. The molecule has 3 aromatic rings. The third-order valence-electron chi connectivity index (χ3n) is 5.95. The van der Waals surface area contributed by atoms with Crippen molar-refractivity contribution in [2.45, 2.75) is 45.2 Å². The van der Waals surface area contributed by atoms with Gasteiger partial charge in [-0.1, -0.05) is 42.5 Å². The number of sulfonamides is 1. The summed E-state index contributed by atoms with van der Waals surface area (Å²) in [7, 11) is -2.40. The Morgan fingerprint density at radius 2 is 1.56 bits per heavy atom. The first kappa shape index (κ1) is 25.5. The lowest BCUT2D eigenvalue weighted by atomic mass is 9.96. The summed E-state index contributed by atoms with van der Waals surface area (Å²) < 4.78 is 33.3. The summed E-state index contributed by atoms with van der Waals surface area (Å²) in [6.07, 6.45) is 0. The van der Waals surface area contributed by atoms with E-state index in [0.29, 0.717) is 5.75 Å². The van der Waals surface area contributed by atoms with Crippen LogP contribution in [0.5, 0.6) is 5.75 Å². The van der Waals surface area contributed by atoms with Crippen LogP contribution in [0.2, 0.25) is 0 Å². The third-order valence-corrected chi connectivity index (χ3v) is 7.75. The lowest BCUT2D eigenvalue weighted by molar-refractivity contribution is -0.122. The zero-order valence-corrected chi connectivity index (χ0v) is 21.1. The zero-order chi connectivity index (χ0) is 24.9. The summed E-state index contributed by atoms with van der Waals surface area (Å²) in [6.45, 7) is 7.81. The van der Waals surface area contributed by atoms with Gasteiger partial charge in [0.15, 0.2) is 0 Å². The SMILES string of the molecule is COc1ccc(S(=O)(=O)N(CC(=O)NC(C)c2cc(C)c(C)cc2C)Cc2ccccc2)cc1. The average Bonchev–Trinajstić information content (AvgIpc) is 2.81. The molecule has 0 saturated carbocycles. The molecule has 0 radical (unpaired) electrons. The van der Waals surface area contributed by atoms with E-state index in [1.165, 1.54) is 29.1 Å². The summed E-state index contributed by atoms with van der Waals surface area (Å²) in [6, 6.07) is 19.3. The Kier molecular flexibility index (Phi) is 8.12. The van der Waals surface area contributed by atoms with E-state index in [9.17, 15) is 13.2 Å². The number of carbonyl (C=O) groups excluding carboxylic acids is 1. The summed E-state index contributed by atoms with van der Waals surface area (Å²) in [4.78, 5) is 13.1. The van der Waals surface area contributed by atoms with Crippen molar-refractivity contribution in [3.63, 3.8) is 0 Å². The molecule has 1 amide bonds. The van der Waals surface area contributed by atoms with Crippen LogP contribution < -0.4 is 10.1 Å². The number of carbonyl (C=O) groups is 1. The number of ether oxygens (including phenoxy) is 1. The van der Waals surface area contributed by atoms with Gasteiger partial charge in [0.1, 0.15) is 5.75 Å². The topological polar surface area (TPSA) is 75.7 Å². The summed E-state index contributed by atoms with van der Waals surface area (Å²) in [5.74, 6) is 0.196. The number of methoxy groups -OCH3 is 1. The van der Waals surface area contributed by atoms with Crippen LogP contribution >= 0.6 is 0 Å². The second-order valence-corrected chi connectivity index (χ2v) is 10.5. The van der Waals surface area contributed by atoms with Crippen LogP contribution in [0.15, 0.2) is 71.6 Å². The largest absolute Gasteiger partial charge is 0.497 e. The Morgan fingerprint density at radius 3 is 2.18 bits per heavy atom. The molecule has 0 spiro atoms. The van der Waals surface area contributed by atoms with E-state index in [-0.39, 0.29) is 29.9 Å². The molecule has 6 nitrogen and oxygen atoms in total. The molecule has 0 heterocycles. The van der Waals surface area contributed by atoms with Crippen LogP contribution in [-0.4, -0.2) is 32.3 Å². The predicted octanol–water partition coefficient (Wildman–Crippen LogP) is 4.69. The minimum Gasteiger partial charge on any atom is -0.497 e. The second kappa shape index (κ2) is 10.8. The molecule has 0 saturated heterocycles. The van der Waals surface area contributed by atoms with Crippen LogP contribution in [-0.2, 0) is 21.4 Å². The molecule has 0 aromatic heterocycles. The quantitative estimate of drug-likeness (QED) is 0.482. The third kappa shape index (κ3) is 6.04. The van der Waals surface area contributed by atoms with Gasteiger partial charge in [-0.25, -0.2) is 8.42 Å². The maximum atomic E-state index is 13.5. The van der Waals surface area contributed by atoms with E-state index in [4.69, 9.17) is 4.74 Å². The number of hydrogen-bond acceptors (Lipinski definition) is 4. The molecule has 0 aliphatic carbocycles. The zero-order valence-electron chi connectivity index (χ0n) is 20.3. The van der Waals surface area contributed by atoms with E-state index in [1.807, 2.05) is 51.1 Å². The maximum absolute atomic E-state index is 13.5. The van der Waals surface area contributed by atoms with Crippen molar-refractivity contribution in [3.05, 3.63) is 94.5 Å². The standard InChI is InChI=1S/C27H32N2O4S/c1-19-15-21(3)26(16-20(19)2)22(4)28-27(30)18-29(17-23-9-7-6-8-10-23)34(31,32)25-13-11-24(33-5)12-14-25/h6-16,22H,17-18H2,1-5H3,(H,28,30). The van der Waals surface area contributed by atoms with Crippen LogP contribution in [0.1, 0.15) is 40.8 Å². The van der Waals surface area contributed by atoms with Gasteiger partial charge in [0.05, 0.1) is 24.6 Å². The molecule has 1 N–H and O–H groups in total. The fourth-order valence-corrected chi connectivity index (χ4v) is 5.27. The van der Waals surface area contributed by atoms with E-state index in [1.54, 1.807) is 12.1 Å². The first-order valence-electron chi connectivity index (χ1n) is 11.2. The highest BCUT2D eigenvalue weighted by molar-refractivity contribution is 7.89. The number of aryl methyl sites for hydroxylation is 3. The summed E-state index contributed by atoms with van der Waals surface area (Å²) >= 11 is 0. The Bertz CT molecular complexity index is 1240. The maximum Gasteiger partial charge on any atom is 0.243 e. The van der Waals surface area contributed by atoms with E-state index in [0.717, 1.165) is 22.3 Å². The van der Waals surface area contributed by atoms with Crippen LogP contribution in [0.4, 0.5) is 0 Å². The van der Waals surface area contributed by atoms with E-state index >= 15 is 0 Å². The Morgan fingerprint density at radius 1 is 0.941 bits per heavy atom. The molecule has 1 unspecified atom stereocenters. The molecule has 3 aromatic carbocycles. The molecule has 180 valence electrons. The van der Waals surface area contributed by atoms with Crippen molar-refractivity contribution < 1.29 is 17.9 Å². The first-order valence-corrected chi connectivity index (χ1v) is 12.6. The lowest BCUT2D eigenvalue weighted by Crippen LogP contribution is -2.41. The van der Waals surface area contributed by atoms with Crippen molar-refractivity contribution in [3.8, 4) is 5.75 Å². The smallest absolute Gasteiger partial charge is 0.243 e. The van der Waals surface area contributed by atoms with Gasteiger partial charge in [-0.15, -0.1) is 0 Å². The molecule has 0 fully saturated rings. The highest BCUT2D eigenvalue weighted by atomic mass is 32.2. The number of amides is 1. The van der Waals surface area contributed by atoms with Crippen molar-refractivity contribution >= 4 is 15.9 Å². The minimum atomic E-state index is -3.92. The van der Waals surface area contributed by atoms with E-state index in [2.05, 4.69) is 24.4 Å². The van der Waals surface area contributed by atoms with E-state index < -0.39 is 10.0 Å². The van der Waals surface area contributed by atoms with Gasteiger partial charge >= 0.3 is 0 Å². The molecule has 1 atom stereocenters. The van der Waals surface area contributed by atoms with Crippen LogP contribution in [0.25, 0.3) is 0 Å². The predicted molar refractivity (Wildman–Crippen MR) is 134 cm³/mol. The molecule has 34 heavy (non-hydrogen) atoms. The second-order valence-electron chi connectivity index (χ2n) is 8.52. The molecular formula is C27H32N2O4S. The van der Waals surface area contributed by atoms with Gasteiger partial charge in [-0.05, 0) is 79.8 Å². The van der Waals surface area contributed by atoms with Gasteiger partial charge in [0.25, 0.3) is 0 Å². The lowest BCUT2D eigenvalue weighted by Gasteiger charge is -2.24. The molecular weight excluding hydrogens is 448 g/mol. The highest BCUT2D eigenvalue weighted by Gasteiger charge is 2.27. The number of nitrogens with one attached hydrogen (secondary N) is 1. The average molecular weight is 481 g/mol. The van der Waals surface area contributed by atoms with Gasteiger partial charge in [0.2, 0.25) is 15.9 Å². The van der Waals surface area contributed by atoms with Gasteiger partial charge in [-0.3, -0.25) is 4.79 Å². The Balaban J connectivity index is 1.84. The number of rotatable bonds is 9. The summed E-state index contributed by atoms with van der Waals surface area (Å²) in [5, 5.41) is 2.98. The summed E-state index contributed by atoms with van der Waals surface area (Å²) in [5.41, 5.74) is 5.24. The minimum absolute atomic E-state index is 0.0830. The number of benzene rings is 3. The molecule has 7 heteroatoms. The van der Waals surface area contributed by atoms with Gasteiger partial charge in [-0.2, -0.15) is 4.31 Å². The first-order chi connectivity index (χ1) is 16.1. The van der Waals surface area contributed by atoms with Gasteiger partial charge in [0, 0.05) is 6.54 Å². The van der Waals surface area contributed by atoms with Gasteiger partial charge < -0.3 is 10.1 Å². The normalized spacial score (nSPS) is 12.4. The fourth-order valence-electron chi connectivity index (χ4n) is 3.88. The Labute approximate surface area is 202 Å². The molecule has 0 aliphatic heterocycles. The van der Waals surface area contributed by atoms with Crippen LogP contribution in [0, 0.1) is 20.8 Å². The molecule has 0 bridgehead atoms. The monoisotopic (exact) mass is 480 g/mol. The Hall–Kier alpha value is -3.16. The fraction of sp³-hybridized carbons (Fsp3) is 0.296.